The smallest absolute Gasteiger partial charge is 0.243 e. The van der Waals surface area contributed by atoms with Crippen LogP contribution < -0.4 is 5.32 Å². The molecule has 4 rings (SSSR count). The fraction of sp³-hybridized carbons (Fsp3) is 0.381. The van der Waals surface area contributed by atoms with Gasteiger partial charge in [-0.15, -0.1) is 11.3 Å². The topological polar surface area (TPSA) is 75.2 Å². The number of carbonyl (C=O) groups excluding carboxylic acids is 1. The van der Waals surface area contributed by atoms with Crippen LogP contribution in [0, 0.1) is 4.77 Å². The maximum Gasteiger partial charge on any atom is 0.243 e. The van der Waals surface area contributed by atoms with Gasteiger partial charge in [0.15, 0.2) is 10.6 Å². The van der Waals surface area contributed by atoms with Gasteiger partial charge in [0.05, 0.1) is 17.6 Å². The van der Waals surface area contributed by atoms with Crippen molar-refractivity contribution in [2.24, 2.45) is 0 Å². The predicted octanol–water partition coefficient (Wildman–Crippen LogP) is 3.25. The minimum atomic E-state index is -0.475. The Labute approximate surface area is 184 Å². The first-order chi connectivity index (χ1) is 14.6. The number of nitrogens with one attached hydrogen (secondary N) is 2. The Morgan fingerprint density at radius 2 is 2.20 bits per heavy atom. The predicted molar refractivity (Wildman–Crippen MR) is 120 cm³/mol. The van der Waals surface area contributed by atoms with Crippen molar-refractivity contribution in [2.45, 2.75) is 25.6 Å². The van der Waals surface area contributed by atoms with Crippen LogP contribution in [0.3, 0.4) is 0 Å². The van der Waals surface area contributed by atoms with Crippen LogP contribution in [0.25, 0.3) is 10.7 Å². The Kier molecular flexibility index (Phi) is 6.73. The number of morpholine rings is 1. The van der Waals surface area contributed by atoms with Crippen LogP contribution in [-0.4, -0.2) is 57.9 Å². The number of nitrogens with zero attached hydrogens (tertiary/aromatic N) is 3. The number of amides is 1. The maximum atomic E-state index is 12.8. The first-order valence-electron chi connectivity index (χ1n) is 9.98. The van der Waals surface area contributed by atoms with E-state index in [9.17, 15) is 4.79 Å². The number of rotatable bonds is 7. The molecule has 0 bridgehead atoms. The van der Waals surface area contributed by atoms with Crippen molar-refractivity contribution >= 4 is 29.5 Å². The summed E-state index contributed by atoms with van der Waals surface area (Å²) < 4.78 is 8.07. The summed E-state index contributed by atoms with van der Waals surface area (Å²) in [5.41, 5.74) is 1.28. The molecule has 2 unspecified atom stereocenters. The van der Waals surface area contributed by atoms with Gasteiger partial charge in [-0.05, 0) is 36.2 Å². The van der Waals surface area contributed by atoms with Gasteiger partial charge in [-0.2, -0.15) is 5.10 Å². The normalized spacial score (nSPS) is 18.2. The van der Waals surface area contributed by atoms with Crippen LogP contribution in [0.15, 0.2) is 47.8 Å². The first-order valence-corrected chi connectivity index (χ1v) is 11.3. The second-order valence-electron chi connectivity index (χ2n) is 7.33. The molecule has 0 spiro atoms. The van der Waals surface area contributed by atoms with Gasteiger partial charge in [-0.25, -0.2) is 0 Å². The number of hydrogen-bond donors (Lipinski definition) is 2. The van der Waals surface area contributed by atoms with E-state index in [1.807, 2.05) is 30.5 Å². The third-order valence-electron chi connectivity index (χ3n) is 5.19. The Morgan fingerprint density at radius 3 is 2.97 bits per heavy atom. The summed E-state index contributed by atoms with van der Waals surface area (Å²) in [5, 5.41) is 12.1. The fourth-order valence-corrected chi connectivity index (χ4v) is 4.61. The molecule has 1 aliphatic rings. The lowest BCUT2D eigenvalue weighted by Gasteiger charge is -2.33. The number of H-pyrrole nitrogens is 1. The summed E-state index contributed by atoms with van der Waals surface area (Å²) in [7, 11) is 0. The molecule has 1 amide bonds. The molecule has 2 aromatic heterocycles. The molecule has 1 fully saturated rings. The number of aromatic nitrogens is 3. The lowest BCUT2D eigenvalue weighted by molar-refractivity contribution is -0.125. The fourth-order valence-electron chi connectivity index (χ4n) is 3.61. The van der Waals surface area contributed by atoms with E-state index < -0.39 is 6.04 Å². The number of carbonyl (C=O) groups is 1. The molecular formula is C21H25N5O2S2. The molecule has 1 aliphatic heterocycles. The highest BCUT2D eigenvalue weighted by Crippen LogP contribution is 2.25. The van der Waals surface area contributed by atoms with Gasteiger partial charge in [0.2, 0.25) is 5.91 Å². The summed E-state index contributed by atoms with van der Waals surface area (Å²) in [6.45, 7) is 5.53. The van der Waals surface area contributed by atoms with Crippen LogP contribution in [0.5, 0.6) is 0 Å². The molecular weight excluding hydrogens is 418 g/mol. The largest absolute Gasteiger partial charge is 0.374 e. The van der Waals surface area contributed by atoms with Crippen LogP contribution in [0.4, 0.5) is 0 Å². The van der Waals surface area contributed by atoms with Gasteiger partial charge in [0.25, 0.3) is 0 Å². The van der Waals surface area contributed by atoms with Crippen molar-refractivity contribution in [3.05, 3.63) is 58.2 Å². The van der Waals surface area contributed by atoms with Crippen LogP contribution in [0.2, 0.25) is 0 Å². The van der Waals surface area contributed by atoms with E-state index in [4.69, 9.17) is 17.0 Å². The van der Waals surface area contributed by atoms with E-state index in [0.717, 1.165) is 24.5 Å². The van der Waals surface area contributed by atoms with Crippen molar-refractivity contribution in [1.82, 2.24) is 25.0 Å². The molecule has 3 aromatic rings. The van der Waals surface area contributed by atoms with E-state index in [1.165, 1.54) is 5.56 Å². The Hall–Kier alpha value is -2.33. The zero-order chi connectivity index (χ0) is 20.9. The molecule has 1 saturated heterocycles. The molecule has 1 aromatic carbocycles. The lowest BCUT2D eigenvalue weighted by atomic mass is 10.2. The molecule has 9 heteroatoms. The SMILES string of the molecule is CC(C(=O)NCC1CN(Cc2ccccc2)CCO1)n1c(-c2cccs2)n[nH]c1=S. The molecule has 2 atom stereocenters. The minimum absolute atomic E-state index is 0.0345. The zero-order valence-electron chi connectivity index (χ0n) is 16.8. The van der Waals surface area contributed by atoms with E-state index in [2.05, 4.69) is 44.7 Å². The molecule has 2 N–H and O–H groups in total. The van der Waals surface area contributed by atoms with E-state index in [1.54, 1.807) is 15.9 Å². The molecule has 30 heavy (non-hydrogen) atoms. The van der Waals surface area contributed by atoms with Gasteiger partial charge in [-0.1, -0.05) is 36.4 Å². The highest BCUT2D eigenvalue weighted by atomic mass is 32.1. The lowest BCUT2D eigenvalue weighted by Crippen LogP contribution is -2.47. The summed E-state index contributed by atoms with van der Waals surface area (Å²) >= 11 is 6.93. The highest BCUT2D eigenvalue weighted by molar-refractivity contribution is 7.71. The monoisotopic (exact) mass is 443 g/mol. The van der Waals surface area contributed by atoms with Crippen molar-refractivity contribution in [2.75, 3.05) is 26.2 Å². The van der Waals surface area contributed by atoms with Gasteiger partial charge in [0.1, 0.15) is 6.04 Å². The van der Waals surface area contributed by atoms with Gasteiger partial charge in [0, 0.05) is 26.2 Å². The number of hydrogen-bond acceptors (Lipinski definition) is 6. The average molecular weight is 444 g/mol. The number of thiophene rings is 1. The van der Waals surface area contributed by atoms with Crippen LogP contribution >= 0.6 is 23.6 Å². The van der Waals surface area contributed by atoms with Crippen molar-refractivity contribution < 1.29 is 9.53 Å². The first kappa shape index (κ1) is 20.9. The zero-order valence-corrected chi connectivity index (χ0v) is 18.4. The molecule has 7 nitrogen and oxygen atoms in total. The Morgan fingerprint density at radius 1 is 1.37 bits per heavy atom. The molecule has 3 heterocycles. The van der Waals surface area contributed by atoms with E-state index >= 15 is 0 Å². The number of benzene rings is 1. The quantitative estimate of drug-likeness (QED) is 0.549. The summed E-state index contributed by atoms with van der Waals surface area (Å²) in [5.74, 6) is 0.578. The van der Waals surface area contributed by atoms with Crippen molar-refractivity contribution in [3.63, 3.8) is 0 Å². The van der Waals surface area contributed by atoms with Crippen LogP contribution in [0.1, 0.15) is 18.5 Å². The highest BCUT2D eigenvalue weighted by Gasteiger charge is 2.24. The number of aromatic amines is 1. The molecule has 0 saturated carbocycles. The molecule has 158 valence electrons. The average Bonchev–Trinajstić information content (AvgIpc) is 3.42. The number of ether oxygens (including phenoxy) is 1. The minimum Gasteiger partial charge on any atom is -0.374 e. The summed E-state index contributed by atoms with van der Waals surface area (Å²) in [6, 6.07) is 13.8. The van der Waals surface area contributed by atoms with E-state index in [-0.39, 0.29) is 12.0 Å². The second-order valence-corrected chi connectivity index (χ2v) is 8.67. The Bertz CT molecular complexity index is 1020. The molecule has 0 aliphatic carbocycles. The molecule has 0 radical (unpaired) electrons. The summed E-state index contributed by atoms with van der Waals surface area (Å²) in [4.78, 5) is 16.2. The second kappa shape index (κ2) is 9.65. The van der Waals surface area contributed by atoms with Crippen LogP contribution in [-0.2, 0) is 16.1 Å². The van der Waals surface area contributed by atoms with Gasteiger partial charge in [-0.3, -0.25) is 19.4 Å². The maximum absolute atomic E-state index is 12.8. The Balaban J connectivity index is 1.34. The van der Waals surface area contributed by atoms with Gasteiger partial charge >= 0.3 is 0 Å². The van der Waals surface area contributed by atoms with Crippen molar-refractivity contribution in [1.29, 1.82) is 0 Å². The van der Waals surface area contributed by atoms with Gasteiger partial charge < -0.3 is 10.1 Å². The third-order valence-corrected chi connectivity index (χ3v) is 6.34. The van der Waals surface area contributed by atoms with Crippen molar-refractivity contribution in [3.8, 4) is 10.7 Å². The standard InChI is InChI=1S/C21H25N5O2S2/c1-15(26-19(23-24-21(26)29)18-8-5-11-30-18)20(27)22-12-17-14-25(9-10-28-17)13-16-6-3-2-4-7-16/h2-8,11,15,17H,9-10,12-14H2,1H3,(H,22,27)(H,24,29). The third kappa shape index (κ3) is 4.86. The van der Waals surface area contributed by atoms with E-state index in [0.29, 0.717) is 23.7 Å². The summed E-state index contributed by atoms with van der Waals surface area (Å²) in [6.07, 6.45) is -0.0345.